The molecule has 0 spiro atoms. The quantitative estimate of drug-likeness (QED) is 0.528. The molecule has 0 unspecified atom stereocenters. The summed E-state index contributed by atoms with van der Waals surface area (Å²) in [6.07, 6.45) is 2.37. The van der Waals surface area contributed by atoms with Crippen LogP contribution in [0.5, 0.6) is 0 Å². The number of ketones is 1. The number of nitrogens with two attached hydrogens (primary N) is 1. The highest BCUT2D eigenvalue weighted by Crippen LogP contribution is 2.31. The molecule has 6 nitrogen and oxygen atoms in total. The molecule has 0 aliphatic carbocycles. The average Bonchev–Trinajstić information content (AvgIpc) is 2.83. The second-order valence-electron chi connectivity index (χ2n) is 8.78. The molecular weight excluding hydrogens is 414 g/mol. The van der Waals surface area contributed by atoms with Gasteiger partial charge in [0.15, 0.2) is 5.78 Å². The van der Waals surface area contributed by atoms with Crippen LogP contribution in [0, 0.1) is 0 Å². The van der Waals surface area contributed by atoms with Crippen molar-refractivity contribution >= 4 is 17.3 Å². The molecule has 0 saturated carbocycles. The van der Waals surface area contributed by atoms with Gasteiger partial charge in [-0.25, -0.2) is 4.98 Å². The van der Waals surface area contributed by atoms with E-state index in [9.17, 15) is 9.90 Å². The van der Waals surface area contributed by atoms with Gasteiger partial charge in [0, 0.05) is 36.6 Å². The van der Waals surface area contributed by atoms with Gasteiger partial charge in [-0.3, -0.25) is 4.79 Å². The molecule has 0 bridgehead atoms. The minimum absolute atomic E-state index is 0.000549. The molecular formula is C27H31N3O3. The molecule has 3 aromatic rings. The summed E-state index contributed by atoms with van der Waals surface area (Å²) in [5, 5.41) is 9.78. The zero-order valence-corrected chi connectivity index (χ0v) is 19.1. The number of pyridine rings is 1. The number of morpholine rings is 1. The molecule has 1 fully saturated rings. The number of anilines is 2. The highest BCUT2D eigenvalue weighted by molar-refractivity contribution is 5.97. The van der Waals surface area contributed by atoms with Crippen LogP contribution in [-0.4, -0.2) is 47.8 Å². The highest BCUT2D eigenvalue weighted by Gasteiger charge is 2.23. The number of ether oxygens (including phenoxy) is 1. The molecule has 1 aliphatic heterocycles. The van der Waals surface area contributed by atoms with Gasteiger partial charge in [-0.1, -0.05) is 54.6 Å². The first kappa shape index (κ1) is 23.0. The number of carbonyl (C=O) groups excluding carboxylic acids is 1. The fraction of sp³-hybridized carbons (Fsp3) is 0.333. The average molecular weight is 446 g/mol. The standard InChI is InChI=1S/C27H31N3O3/c1-18-15-30(16-19(2)33-18)24-13-25(27(28)29-14-24)21-8-10-22(11-9-21)26(32)12-23(17-31)20-6-4-3-5-7-20/h3-11,13-14,18-19,23,31H,12,15-17H2,1-2H3,(H2,28,29)/t18-,19+,23-/m1/s1. The Labute approximate surface area is 195 Å². The number of aliphatic hydroxyl groups excluding tert-OH is 1. The fourth-order valence-electron chi connectivity index (χ4n) is 4.45. The number of aliphatic hydroxyl groups is 1. The summed E-state index contributed by atoms with van der Waals surface area (Å²) in [5.41, 5.74) is 10.5. The first-order valence-electron chi connectivity index (χ1n) is 11.4. The Kier molecular flexibility index (Phi) is 7.06. The van der Waals surface area contributed by atoms with Gasteiger partial charge in [-0.05, 0) is 31.0 Å². The zero-order chi connectivity index (χ0) is 23.4. The van der Waals surface area contributed by atoms with Gasteiger partial charge in [0.2, 0.25) is 0 Å². The van der Waals surface area contributed by atoms with E-state index in [1.807, 2.05) is 54.6 Å². The number of nitrogen functional groups attached to an aromatic ring is 1. The summed E-state index contributed by atoms with van der Waals surface area (Å²) >= 11 is 0. The van der Waals surface area contributed by atoms with Crippen LogP contribution in [-0.2, 0) is 4.74 Å². The maximum Gasteiger partial charge on any atom is 0.163 e. The maximum atomic E-state index is 12.9. The molecule has 2 aromatic carbocycles. The van der Waals surface area contributed by atoms with Crippen LogP contribution in [0.15, 0.2) is 66.9 Å². The molecule has 2 heterocycles. The van der Waals surface area contributed by atoms with E-state index in [0.29, 0.717) is 11.4 Å². The van der Waals surface area contributed by atoms with Crippen LogP contribution in [0.25, 0.3) is 11.1 Å². The summed E-state index contributed by atoms with van der Waals surface area (Å²) in [5.74, 6) is 0.241. The van der Waals surface area contributed by atoms with Gasteiger partial charge in [0.25, 0.3) is 0 Å². The van der Waals surface area contributed by atoms with E-state index in [-0.39, 0.29) is 36.9 Å². The molecule has 4 rings (SSSR count). The van der Waals surface area contributed by atoms with Crippen LogP contribution in [0.4, 0.5) is 11.5 Å². The Bertz CT molecular complexity index is 1080. The van der Waals surface area contributed by atoms with E-state index >= 15 is 0 Å². The van der Waals surface area contributed by atoms with Gasteiger partial charge in [-0.15, -0.1) is 0 Å². The third-order valence-electron chi connectivity index (χ3n) is 6.13. The van der Waals surface area contributed by atoms with Crippen molar-refractivity contribution in [3.8, 4) is 11.1 Å². The van der Waals surface area contributed by atoms with E-state index in [2.05, 4.69) is 29.8 Å². The van der Waals surface area contributed by atoms with Crippen molar-refractivity contribution in [2.75, 3.05) is 30.3 Å². The van der Waals surface area contributed by atoms with Gasteiger partial charge in [-0.2, -0.15) is 0 Å². The first-order valence-corrected chi connectivity index (χ1v) is 11.4. The van der Waals surface area contributed by atoms with Crippen LogP contribution >= 0.6 is 0 Å². The van der Waals surface area contributed by atoms with E-state index in [1.165, 1.54) is 0 Å². The second-order valence-corrected chi connectivity index (χ2v) is 8.78. The number of nitrogens with zero attached hydrogens (tertiary/aromatic N) is 2. The van der Waals surface area contributed by atoms with Crippen molar-refractivity contribution in [2.45, 2.75) is 38.4 Å². The SMILES string of the molecule is C[C@@H]1CN(c2cnc(N)c(-c3ccc(C(=O)C[C@H](CO)c4ccccc4)cc3)c2)C[C@H](C)O1. The van der Waals surface area contributed by atoms with E-state index in [4.69, 9.17) is 10.5 Å². The molecule has 0 amide bonds. The number of aromatic nitrogens is 1. The third kappa shape index (κ3) is 5.41. The summed E-state index contributed by atoms with van der Waals surface area (Å²) < 4.78 is 5.84. The maximum absolute atomic E-state index is 12.9. The topological polar surface area (TPSA) is 88.7 Å². The smallest absolute Gasteiger partial charge is 0.163 e. The Morgan fingerprint density at radius 3 is 2.42 bits per heavy atom. The lowest BCUT2D eigenvalue weighted by molar-refractivity contribution is -0.00523. The summed E-state index contributed by atoms with van der Waals surface area (Å²) in [6.45, 7) is 5.68. The summed E-state index contributed by atoms with van der Waals surface area (Å²) in [6, 6.07) is 19.2. The molecule has 6 heteroatoms. The number of rotatable bonds is 7. The highest BCUT2D eigenvalue weighted by atomic mass is 16.5. The van der Waals surface area contributed by atoms with Crippen molar-refractivity contribution < 1.29 is 14.6 Å². The minimum Gasteiger partial charge on any atom is -0.396 e. The number of hydrogen-bond acceptors (Lipinski definition) is 6. The predicted molar refractivity (Wildman–Crippen MR) is 132 cm³/mol. The number of Topliss-reactive ketones (excluding diaryl/α,β-unsaturated/α-hetero) is 1. The third-order valence-corrected chi connectivity index (χ3v) is 6.13. The Morgan fingerprint density at radius 2 is 1.79 bits per heavy atom. The lowest BCUT2D eigenvalue weighted by Gasteiger charge is -2.36. The fourth-order valence-corrected chi connectivity index (χ4v) is 4.45. The largest absolute Gasteiger partial charge is 0.396 e. The van der Waals surface area contributed by atoms with Gasteiger partial charge < -0.3 is 20.5 Å². The van der Waals surface area contributed by atoms with Crippen molar-refractivity contribution in [2.24, 2.45) is 0 Å². The van der Waals surface area contributed by atoms with E-state index < -0.39 is 0 Å². The first-order chi connectivity index (χ1) is 15.9. The Balaban J connectivity index is 1.51. The Hall–Kier alpha value is -3.22. The minimum atomic E-state index is -0.215. The van der Waals surface area contributed by atoms with Crippen molar-refractivity contribution in [1.29, 1.82) is 0 Å². The number of benzene rings is 2. The summed E-state index contributed by atoms with van der Waals surface area (Å²) in [7, 11) is 0. The van der Waals surface area contributed by atoms with Gasteiger partial charge in [0.05, 0.1) is 30.7 Å². The lowest BCUT2D eigenvalue weighted by Crippen LogP contribution is -2.45. The Morgan fingerprint density at radius 1 is 1.12 bits per heavy atom. The second kappa shape index (κ2) is 10.1. The molecule has 0 radical (unpaired) electrons. The van der Waals surface area contributed by atoms with Crippen LogP contribution < -0.4 is 10.6 Å². The summed E-state index contributed by atoms with van der Waals surface area (Å²) in [4.78, 5) is 19.5. The van der Waals surface area contributed by atoms with E-state index in [1.54, 1.807) is 6.20 Å². The monoisotopic (exact) mass is 445 g/mol. The molecule has 3 atom stereocenters. The molecule has 3 N–H and O–H groups in total. The zero-order valence-electron chi connectivity index (χ0n) is 19.1. The van der Waals surface area contributed by atoms with Crippen molar-refractivity contribution in [1.82, 2.24) is 4.98 Å². The van der Waals surface area contributed by atoms with Crippen LogP contribution in [0.1, 0.15) is 42.1 Å². The van der Waals surface area contributed by atoms with Gasteiger partial charge >= 0.3 is 0 Å². The molecule has 1 aliphatic rings. The van der Waals surface area contributed by atoms with E-state index in [0.717, 1.165) is 35.5 Å². The predicted octanol–water partition coefficient (Wildman–Crippen LogP) is 4.29. The molecule has 172 valence electrons. The number of carbonyl (C=O) groups is 1. The van der Waals surface area contributed by atoms with Crippen molar-refractivity contribution in [3.05, 3.63) is 78.0 Å². The van der Waals surface area contributed by atoms with Gasteiger partial charge in [0.1, 0.15) is 5.82 Å². The number of hydrogen-bond donors (Lipinski definition) is 2. The van der Waals surface area contributed by atoms with Crippen LogP contribution in [0.2, 0.25) is 0 Å². The normalized spacial score (nSPS) is 19.3. The lowest BCUT2D eigenvalue weighted by atomic mass is 9.92. The van der Waals surface area contributed by atoms with Crippen LogP contribution in [0.3, 0.4) is 0 Å². The molecule has 33 heavy (non-hydrogen) atoms. The molecule has 1 aromatic heterocycles. The van der Waals surface area contributed by atoms with Crippen molar-refractivity contribution in [3.63, 3.8) is 0 Å². The molecule has 1 saturated heterocycles.